The average molecular weight is 260 g/mol. The number of nitrogens with one attached hydrogen (secondary N) is 2. The highest BCUT2D eigenvalue weighted by atomic mass is 16.5. The minimum Gasteiger partial charge on any atom is -0.481 e. The first-order valence-electron chi connectivity index (χ1n) is 6.44. The van der Waals surface area contributed by atoms with Gasteiger partial charge in [-0.3, -0.25) is 4.79 Å². The van der Waals surface area contributed by atoms with Crippen molar-refractivity contribution in [3.8, 4) is 0 Å². The summed E-state index contributed by atoms with van der Waals surface area (Å²) in [5.74, 6) is -1.41. The first-order valence-corrected chi connectivity index (χ1v) is 6.44. The van der Waals surface area contributed by atoms with Crippen molar-refractivity contribution in [2.75, 3.05) is 26.3 Å². The lowest BCUT2D eigenvalue weighted by Crippen LogP contribution is -2.40. The molecule has 0 spiro atoms. The van der Waals surface area contributed by atoms with Crippen molar-refractivity contribution in [3.63, 3.8) is 0 Å². The van der Waals surface area contributed by atoms with E-state index < -0.39 is 11.9 Å². The molecule has 3 N–H and O–H groups in total. The van der Waals surface area contributed by atoms with Crippen LogP contribution in [0.4, 0.5) is 4.79 Å². The Morgan fingerprint density at radius 1 is 1.22 bits per heavy atom. The predicted molar refractivity (Wildman–Crippen MR) is 68.5 cm³/mol. The Hall–Kier alpha value is -1.30. The molecule has 6 nitrogen and oxygen atoms in total. The molecule has 0 saturated heterocycles. The standard InChI is InChI=1S/C12H24N2O4/c1-3-7-18-8-5-6-13-12(17)14-9-10(4-2)11(15)16/h10H,3-9H2,1-2H3,(H,15,16)(H2,13,14,17). The maximum atomic E-state index is 11.3. The van der Waals surface area contributed by atoms with Crippen LogP contribution in [-0.2, 0) is 9.53 Å². The second kappa shape index (κ2) is 10.8. The lowest BCUT2D eigenvalue weighted by Gasteiger charge is -2.11. The number of carbonyl (C=O) groups is 2. The first kappa shape index (κ1) is 16.7. The highest BCUT2D eigenvalue weighted by Crippen LogP contribution is 1.99. The molecule has 1 unspecified atom stereocenters. The maximum Gasteiger partial charge on any atom is 0.314 e. The zero-order valence-electron chi connectivity index (χ0n) is 11.2. The fourth-order valence-corrected chi connectivity index (χ4v) is 1.31. The Bertz CT molecular complexity index is 246. The van der Waals surface area contributed by atoms with E-state index in [1.165, 1.54) is 0 Å². The summed E-state index contributed by atoms with van der Waals surface area (Å²) in [5.41, 5.74) is 0. The van der Waals surface area contributed by atoms with Crippen molar-refractivity contribution >= 4 is 12.0 Å². The second-order valence-corrected chi connectivity index (χ2v) is 4.05. The Morgan fingerprint density at radius 2 is 1.94 bits per heavy atom. The van der Waals surface area contributed by atoms with E-state index in [9.17, 15) is 9.59 Å². The van der Waals surface area contributed by atoms with Gasteiger partial charge in [0.2, 0.25) is 0 Å². The number of rotatable bonds is 10. The number of carbonyl (C=O) groups excluding carboxylic acids is 1. The SMILES string of the molecule is CCCOCCCNC(=O)NCC(CC)C(=O)O. The Balaban J connectivity index is 3.50. The van der Waals surface area contributed by atoms with E-state index in [1.54, 1.807) is 6.92 Å². The van der Waals surface area contributed by atoms with Crippen molar-refractivity contribution in [2.24, 2.45) is 5.92 Å². The molecule has 0 fully saturated rings. The van der Waals surface area contributed by atoms with E-state index in [1.807, 2.05) is 6.92 Å². The molecule has 0 aliphatic carbocycles. The van der Waals surface area contributed by atoms with Gasteiger partial charge < -0.3 is 20.5 Å². The molecular weight excluding hydrogens is 236 g/mol. The lowest BCUT2D eigenvalue weighted by atomic mass is 10.1. The lowest BCUT2D eigenvalue weighted by molar-refractivity contribution is -0.141. The summed E-state index contributed by atoms with van der Waals surface area (Å²) in [5, 5.41) is 14.0. The largest absolute Gasteiger partial charge is 0.481 e. The van der Waals surface area contributed by atoms with Crippen LogP contribution in [0.2, 0.25) is 0 Å². The summed E-state index contributed by atoms with van der Waals surface area (Å²) in [4.78, 5) is 22.0. The Labute approximate surface area is 108 Å². The summed E-state index contributed by atoms with van der Waals surface area (Å²) in [6.07, 6.45) is 2.24. The van der Waals surface area contributed by atoms with Crippen LogP contribution < -0.4 is 10.6 Å². The summed E-state index contributed by atoms with van der Waals surface area (Å²) in [6.45, 7) is 5.87. The monoisotopic (exact) mass is 260 g/mol. The predicted octanol–water partition coefficient (Wildman–Crippen LogP) is 1.21. The molecule has 0 aliphatic heterocycles. The molecule has 0 aromatic heterocycles. The van der Waals surface area contributed by atoms with Gasteiger partial charge in [0.25, 0.3) is 0 Å². The average Bonchev–Trinajstić information content (AvgIpc) is 2.34. The number of amides is 2. The van der Waals surface area contributed by atoms with Gasteiger partial charge in [-0.05, 0) is 19.3 Å². The highest BCUT2D eigenvalue weighted by Gasteiger charge is 2.15. The molecule has 0 bridgehead atoms. The molecule has 106 valence electrons. The van der Waals surface area contributed by atoms with Crippen LogP contribution in [0.3, 0.4) is 0 Å². The van der Waals surface area contributed by atoms with Crippen molar-refractivity contribution in [1.82, 2.24) is 10.6 Å². The molecule has 0 aromatic rings. The van der Waals surface area contributed by atoms with E-state index in [4.69, 9.17) is 9.84 Å². The molecule has 0 heterocycles. The van der Waals surface area contributed by atoms with Crippen LogP contribution in [0, 0.1) is 5.92 Å². The van der Waals surface area contributed by atoms with Crippen molar-refractivity contribution < 1.29 is 19.4 Å². The smallest absolute Gasteiger partial charge is 0.314 e. The fourth-order valence-electron chi connectivity index (χ4n) is 1.31. The summed E-state index contributed by atoms with van der Waals surface area (Å²) >= 11 is 0. The minimum absolute atomic E-state index is 0.157. The highest BCUT2D eigenvalue weighted by molar-refractivity contribution is 5.75. The molecule has 0 aromatic carbocycles. The van der Waals surface area contributed by atoms with Crippen LogP contribution in [0.5, 0.6) is 0 Å². The van der Waals surface area contributed by atoms with Crippen molar-refractivity contribution in [3.05, 3.63) is 0 Å². The molecule has 0 radical (unpaired) electrons. The number of urea groups is 1. The number of carboxylic acid groups (broad SMARTS) is 1. The third-order valence-corrected chi connectivity index (χ3v) is 2.45. The number of carboxylic acids is 1. The topological polar surface area (TPSA) is 87.7 Å². The van der Waals surface area contributed by atoms with Crippen LogP contribution >= 0.6 is 0 Å². The number of ether oxygens (including phenoxy) is 1. The summed E-state index contributed by atoms with van der Waals surface area (Å²) in [7, 11) is 0. The fraction of sp³-hybridized carbons (Fsp3) is 0.833. The summed E-state index contributed by atoms with van der Waals surface area (Å²) in [6, 6.07) is -0.329. The van der Waals surface area contributed by atoms with Gasteiger partial charge in [0, 0.05) is 26.3 Å². The number of aliphatic carboxylic acids is 1. The maximum absolute atomic E-state index is 11.3. The molecule has 1 atom stereocenters. The van der Waals surface area contributed by atoms with E-state index >= 15 is 0 Å². The normalized spacial score (nSPS) is 11.9. The van der Waals surface area contributed by atoms with Gasteiger partial charge in [0.15, 0.2) is 0 Å². The minimum atomic E-state index is -0.884. The first-order chi connectivity index (χ1) is 8.61. The van der Waals surface area contributed by atoms with E-state index in [2.05, 4.69) is 10.6 Å². The van der Waals surface area contributed by atoms with Gasteiger partial charge >= 0.3 is 12.0 Å². The molecular formula is C12H24N2O4. The molecule has 2 amide bonds. The van der Waals surface area contributed by atoms with Crippen molar-refractivity contribution in [1.29, 1.82) is 0 Å². The van der Waals surface area contributed by atoms with E-state index in [0.29, 0.717) is 19.6 Å². The number of hydrogen-bond donors (Lipinski definition) is 3. The zero-order valence-corrected chi connectivity index (χ0v) is 11.2. The van der Waals surface area contributed by atoms with Crippen molar-refractivity contribution in [2.45, 2.75) is 33.1 Å². The summed E-state index contributed by atoms with van der Waals surface area (Å²) < 4.78 is 5.26. The van der Waals surface area contributed by atoms with Gasteiger partial charge in [-0.2, -0.15) is 0 Å². The second-order valence-electron chi connectivity index (χ2n) is 4.05. The van der Waals surface area contributed by atoms with E-state index in [0.717, 1.165) is 19.4 Å². The zero-order chi connectivity index (χ0) is 13.8. The Kier molecular flexibility index (Phi) is 10.0. The van der Waals surface area contributed by atoms with Gasteiger partial charge in [-0.25, -0.2) is 4.79 Å². The molecule has 6 heteroatoms. The molecule has 0 saturated carbocycles. The molecule has 18 heavy (non-hydrogen) atoms. The van der Waals surface area contributed by atoms with Crippen LogP contribution in [0.1, 0.15) is 33.1 Å². The van der Waals surface area contributed by atoms with Gasteiger partial charge in [-0.1, -0.05) is 13.8 Å². The number of hydrogen-bond acceptors (Lipinski definition) is 3. The van der Waals surface area contributed by atoms with Gasteiger partial charge in [0.05, 0.1) is 5.92 Å². The van der Waals surface area contributed by atoms with Gasteiger partial charge in [0.1, 0.15) is 0 Å². The van der Waals surface area contributed by atoms with Crippen LogP contribution in [0.15, 0.2) is 0 Å². The quantitative estimate of drug-likeness (QED) is 0.515. The third-order valence-electron chi connectivity index (χ3n) is 2.45. The Morgan fingerprint density at radius 3 is 2.50 bits per heavy atom. The van der Waals surface area contributed by atoms with E-state index in [-0.39, 0.29) is 12.6 Å². The molecule has 0 aliphatic rings. The molecule has 0 rings (SSSR count). The third kappa shape index (κ3) is 8.81. The van der Waals surface area contributed by atoms with Crippen LogP contribution in [-0.4, -0.2) is 43.4 Å². The van der Waals surface area contributed by atoms with Gasteiger partial charge in [-0.15, -0.1) is 0 Å². The van der Waals surface area contributed by atoms with Crippen LogP contribution in [0.25, 0.3) is 0 Å².